The van der Waals surface area contributed by atoms with E-state index >= 15 is 0 Å². The topological polar surface area (TPSA) is 49.9 Å². The van der Waals surface area contributed by atoms with E-state index in [1.807, 2.05) is 35.2 Å². The van der Waals surface area contributed by atoms with Crippen LogP contribution in [0.15, 0.2) is 48.5 Å². The molecule has 1 heterocycles. The zero-order valence-electron chi connectivity index (χ0n) is 15.4. The number of benzene rings is 2. The molecule has 6 heteroatoms. The number of piperazine rings is 1. The fourth-order valence-corrected chi connectivity index (χ4v) is 3.11. The van der Waals surface area contributed by atoms with Crippen molar-refractivity contribution in [1.82, 2.24) is 4.90 Å². The third-order valence-corrected chi connectivity index (χ3v) is 4.66. The third-order valence-electron chi connectivity index (χ3n) is 4.66. The lowest BCUT2D eigenvalue weighted by Crippen LogP contribution is -2.49. The summed E-state index contributed by atoms with van der Waals surface area (Å²) >= 11 is 0. The summed E-state index contributed by atoms with van der Waals surface area (Å²) in [6.07, 6.45) is 0.316. The molecule has 0 radical (unpaired) electrons. The van der Waals surface area contributed by atoms with Crippen LogP contribution in [0.3, 0.4) is 0 Å². The molecule has 1 saturated heterocycles. The minimum Gasteiger partial charge on any atom is -0.493 e. The first kappa shape index (κ1) is 18.9. The van der Waals surface area contributed by atoms with Gasteiger partial charge in [0.15, 0.2) is 5.78 Å². The number of Topliss-reactive ketones (excluding diaryl/α,β-unsaturated/α-hetero) is 1. The molecule has 1 aliphatic rings. The van der Waals surface area contributed by atoms with Crippen molar-refractivity contribution in [3.05, 3.63) is 59.9 Å². The summed E-state index contributed by atoms with van der Waals surface area (Å²) in [5.74, 6) is 0.227. The Bertz CT molecular complexity index is 802. The van der Waals surface area contributed by atoms with Crippen molar-refractivity contribution in [3.63, 3.8) is 0 Å². The van der Waals surface area contributed by atoms with E-state index in [0.717, 1.165) is 5.75 Å². The van der Waals surface area contributed by atoms with E-state index in [1.54, 1.807) is 17.0 Å². The Hall–Kier alpha value is -2.89. The molecule has 0 aliphatic carbocycles. The van der Waals surface area contributed by atoms with Gasteiger partial charge in [0.2, 0.25) is 5.91 Å². The third kappa shape index (κ3) is 4.84. The van der Waals surface area contributed by atoms with E-state index in [-0.39, 0.29) is 11.7 Å². The second-order valence-electron chi connectivity index (χ2n) is 6.50. The lowest BCUT2D eigenvalue weighted by Gasteiger charge is -2.36. The van der Waals surface area contributed by atoms with Gasteiger partial charge in [-0.3, -0.25) is 9.59 Å². The number of rotatable bonds is 6. The predicted molar refractivity (Wildman–Crippen MR) is 102 cm³/mol. The number of ketones is 1. The molecule has 0 aromatic heterocycles. The van der Waals surface area contributed by atoms with Crippen LogP contribution in [0.4, 0.5) is 10.1 Å². The molecule has 5 nitrogen and oxygen atoms in total. The van der Waals surface area contributed by atoms with Crippen molar-refractivity contribution in [1.29, 1.82) is 0 Å². The molecule has 0 saturated carbocycles. The molecule has 2 aromatic carbocycles. The molecule has 0 N–H and O–H groups in total. The highest BCUT2D eigenvalue weighted by atomic mass is 19.1. The average molecular weight is 370 g/mol. The Balaban J connectivity index is 1.48. The van der Waals surface area contributed by atoms with Crippen LogP contribution >= 0.6 is 0 Å². The van der Waals surface area contributed by atoms with Crippen LogP contribution in [-0.4, -0.2) is 49.4 Å². The fraction of sp³-hybridized carbons (Fsp3) is 0.333. The highest BCUT2D eigenvalue weighted by molar-refractivity contribution is 5.94. The van der Waals surface area contributed by atoms with Gasteiger partial charge < -0.3 is 14.5 Å². The van der Waals surface area contributed by atoms with E-state index in [9.17, 15) is 14.0 Å². The summed E-state index contributed by atoms with van der Waals surface area (Å²) in [6, 6.07) is 13.9. The number of para-hydroxylation sites is 1. The molecule has 0 unspecified atom stereocenters. The molecule has 3 rings (SSSR count). The second kappa shape index (κ2) is 8.66. The summed E-state index contributed by atoms with van der Waals surface area (Å²) < 4.78 is 19.9. The lowest BCUT2D eigenvalue weighted by atomic mass is 10.1. The van der Waals surface area contributed by atoms with Gasteiger partial charge in [0.1, 0.15) is 11.6 Å². The number of anilines is 1. The molecule has 0 bridgehead atoms. The first-order valence-corrected chi connectivity index (χ1v) is 9.05. The normalized spacial score (nSPS) is 14.1. The molecule has 0 atom stereocenters. The molecule has 142 valence electrons. The second-order valence-corrected chi connectivity index (χ2v) is 6.50. The van der Waals surface area contributed by atoms with Crippen molar-refractivity contribution in [3.8, 4) is 5.75 Å². The number of amides is 1. The Morgan fingerprint density at radius 2 is 1.74 bits per heavy atom. The van der Waals surface area contributed by atoms with Gasteiger partial charge in [0, 0.05) is 31.7 Å². The standard InChI is InChI=1S/C21H23FN2O3/c1-16(25)17-7-8-20(19(22)15-17)23-10-12-24(13-11-23)21(26)9-14-27-18-5-3-2-4-6-18/h2-8,15H,9-14H2,1H3. The molecule has 1 aliphatic heterocycles. The van der Waals surface area contributed by atoms with Crippen LogP contribution in [0.1, 0.15) is 23.7 Å². The zero-order valence-corrected chi connectivity index (χ0v) is 15.4. The molecular formula is C21H23FN2O3. The number of halogens is 1. The Morgan fingerprint density at radius 3 is 2.37 bits per heavy atom. The van der Waals surface area contributed by atoms with Crippen LogP contribution in [0, 0.1) is 5.82 Å². The maximum absolute atomic E-state index is 14.3. The van der Waals surface area contributed by atoms with Gasteiger partial charge in [-0.15, -0.1) is 0 Å². The number of ether oxygens (including phenoxy) is 1. The van der Waals surface area contributed by atoms with Gasteiger partial charge >= 0.3 is 0 Å². The number of hydrogen-bond acceptors (Lipinski definition) is 4. The summed E-state index contributed by atoms with van der Waals surface area (Å²) in [7, 11) is 0. The van der Waals surface area contributed by atoms with Crippen molar-refractivity contribution < 1.29 is 18.7 Å². The Labute approximate surface area is 158 Å². The van der Waals surface area contributed by atoms with Gasteiger partial charge in [-0.25, -0.2) is 4.39 Å². The predicted octanol–water partition coefficient (Wildman–Crippen LogP) is 3.15. The number of carbonyl (C=O) groups excluding carboxylic acids is 2. The quantitative estimate of drug-likeness (QED) is 0.733. The van der Waals surface area contributed by atoms with Gasteiger partial charge in [-0.2, -0.15) is 0 Å². The minimum absolute atomic E-state index is 0.0398. The van der Waals surface area contributed by atoms with Crippen LogP contribution in [-0.2, 0) is 4.79 Å². The molecule has 27 heavy (non-hydrogen) atoms. The molecule has 1 fully saturated rings. The summed E-state index contributed by atoms with van der Waals surface area (Å²) in [6.45, 7) is 3.95. The Morgan fingerprint density at radius 1 is 1.04 bits per heavy atom. The largest absolute Gasteiger partial charge is 0.493 e. The monoisotopic (exact) mass is 370 g/mol. The lowest BCUT2D eigenvalue weighted by molar-refractivity contribution is -0.132. The summed E-state index contributed by atoms with van der Waals surface area (Å²) in [5.41, 5.74) is 0.836. The molecular weight excluding hydrogens is 347 g/mol. The van der Waals surface area contributed by atoms with Crippen molar-refractivity contribution in [2.24, 2.45) is 0 Å². The van der Waals surface area contributed by atoms with Crippen LogP contribution in [0.2, 0.25) is 0 Å². The fourth-order valence-electron chi connectivity index (χ4n) is 3.11. The van der Waals surface area contributed by atoms with Gasteiger partial charge in [-0.05, 0) is 37.3 Å². The van der Waals surface area contributed by atoms with E-state index in [0.29, 0.717) is 50.5 Å². The number of nitrogens with zero attached hydrogens (tertiary/aromatic N) is 2. The van der Waals surface area contributed by atoms with Crippen LogP contribution in [0.5, 0.6) is 5.75 Å². The highest BCUT2D eigenvalue weighted by Crippen LogP contribution is 2.22. The Kier molecular flexibility index (Phi) is 6.06. The maximum atomic E-state index is 14.3. The molecule has 1 amide bonds. The minimum atomic E-state index is -0.404. The van der Waals surface area contributed by atoms with Gasteiger partial charge in [0.05, 0.1) is 18.7 Å². The first-order valence-electron chi connectivity index (χ1n) is 9.05. The maximum Gasteiger partial charge on any atom is 0.226 e. The first-order chi connectivity index (χ1) is 13.0. The van der Waals surface area contributed by atoms with Crippen LogP contribution in [0.25, 0.3) is 0 Å². The molecule has 0 spiro atoms. The van der Waals surface area contributed by atoms with Gasteiger partial charge in [0.25, 0.3) is 0 Å². The number of hydrogen-bond donors (Lipinski definition) is 0. The van der Waals surface area contributed by atoms with E-state index in [1.165, 1.54) is 13.0 Å². The highest BCUT2D eigenvalue weighted by Gasteiger charge is 2.23. The van der Waals surface area contributed by atoms with Crippen molar-refractivity contribution in [2.45, 2.75) is 13.3 Å². The zero-order chi connectivity index (χ0) is 19.2. The van der Waals surface area contributed by atoms with E-state index in [2.05, 4.69) is 0 Å². The summed E-state index contributed by atoms with van der Waals surface area (Å²) in [5, 5.41) is 0. The van der Waals surface area contributed by atoms with E-state index in [4.69, 9.17) is 4.74 Å². The van der Waals surface area contributed by atoms with Crippen molar-refractivity contribution >= 4 is 17.4 Å². The van der Waals surface area contributed by atoms with Crippen LogP contribution < -0.4 is 9.64 Å². The molecule has 2 aromatic rings. The van der Waals surface area contributed by atoms with E-state index < -0.39 is 5.82 Å². The summed E-state index contributed by atoms with van der Waals surface area (Å²) in [4.78, 5) is 27.4. The SMILES string of the molecule is CC(=O)c1ccc(N2CCN(C(=O)CCOc3ccccc3)CC2)c(F)c1. The van der Waals surface area contributed by atoms with Crippen molar-refractivity contribution in [2.75, 3.05) is 37.7 Å². The number of carbonyl (C=O) groups is 2. The smallest absolute Gasteiger partial charge is 0.226 e. The average Bonchev–Trinajstić information content (AvgIpc) is 2.69. The van der Waals surface area contributed by atoms with Gasteiger partial charge in [-0.1, -0.05) is 18.2 Å².